The van der Waals surface area contributed by atoms with E-state index in [0.717, 1.165) is 40.7 Å². The summed E-state index contributed by atoms with van der Waals surface area (Å²) >= 11 is 0. The molecule has 3 aromatic carbocycles. The fourth-order valence-electron chi connectivity index (χ4n) is 5.19. The van der Waals surface area contributed by atoms with Gasteiger partial charge in [0.2, 0.25) is 0 Å². The molecule has 0 saturated heterocycles. The second-order valence-corrected chi connectivity index (χ2v) is 8.94. The first-order chi connectivity index (χ1) is 17.1. The molecule has 0 aliphatic carbocycles. The molecule has 0 radical (unpaired) electrons. The van der Waals surface area contributed by atoms with Gasteiger partial charge in [0.25, 0.3) is 0 Å². The summed E-state index contributed by atoms with van der Waals surface area (Å²) in [5.74, 6) is 2.57. The second kappa shape index (κ2) is 9.56. The number of nitrogens with zero attached hydrogens (tertiary/aromatic N) is 2. The van der Waals surface area contributed by atoms with E-state index in [-0.39, 0.29) is 13.2 Å². The van der Waals surface area contributed by atoms with Crippen molar-refractivity contribution >= 4 is 22.3 Å². The molecule has 35 heavy (non-hydrogen) atoms. The fourth-order valence-corrected chi connectivity index (χ4v) is 5.19. The van der Waals surface area contributed by atoms with E-state index in [9.17, 15) is 10.2 Å². The number of ether oxygens (including phenoxy) is 2. The number of fused-ring (bicyclic) bond motifs is 2. The lowest BCUT2D eigenvalue weighted by Gasteiger charge is -2.34. The molecule has 0 saturated carbocycles. The molecule has 6 heteroatoms. The lowest BCUT2D eigenvalue weighted by atomic mass is 9.89. The first kappa shape index (κ1) is 23.1. The highest BCUT2D eigenvalue weighted by molar-refractivity contribution is 6.01. The van der Waals surface area contributed by atoms with Crippen LogP contribution in [-0.4, -0.2) is 36.0 Å². The lowest BCUT2D eigenvalue weighted by Crippen LogP contribution is -2.26. The van der Waals surface area contributed by atoms with Gasteiger partial charge < -0.3 is 24.6 Å². The number of rotatable bonds is 6. The van der Waals surface area contributed by atoms with Crippen molar-refractivity contribution in [3.8, 4) is 22.6 Å². The van der Waals surface area contributed by atoms with Crippen LogP contribution in [0.2, 0.25) is 0 Å². The Morgan fingerprint density at radius 1 is 0.971 bits per heavy atom. The minimum atomic E-state index is -0.197. The van der Waals surface area contributed by atoms with Crippen molar-refractivity contribution in [3.63, 3.8) is 0 Å². The normalized spacial score (nSPS) is 15.2. The van der Waals surface area contributed by atoms with Gasteiger partial charge in [0, 0.05) is 18.4 Å². The molecule has 4 aromatic rings. The summed E-state index contributed by atoms with van der Waals surface area (Å²) in [5.41, 5.74) is 5.65. The number of aliphatic hydroxyl groups is 2. The zero-order chi connectivity index (χ0) is 24.5. The average molecular weight is 471 g/mol. The van der Waals surface area contributed by atoms with E-state index in [1.807, 2.05) is 30.5 Å². The van der Waals surface area contributed by atoms with Crippen LogP contribution in [0.25, 0.3) is 21.9 Å². The van der Waals surface area contributed by atoms with Crippen molar-refractivity contribution in [1.82, 2.24) is 4.98 Å². The molecule has 2 N–H and O–H groups in total. The topological polar surface area (TPSA) is 75.0 Å². The maximum atomic E-state index is 10.4. The molecular formula is C29H30N2O4. The van der Waals surface area contributed by atoms with E-state index in [2.05, 4.69) is 42.2 Å². The zero-order valence-electron chi connectivity index (χ0n) is 20.3. The van der Waals surface area contributed by atoms with Crippen molar-refractivity contribution in [2.75, 3.05) is 25.7 Å². The summed E-state index contributed by atoms with van der Waals surface area (Å²) in [6.45, 7) is 2.77. The number of pyridine rings is 1. The summed E-state index contributed by atoms with van der Waals surface area (Å²) in [6.07, 6.45) is 2.86. The minimum Gasteiger partial charge on any atom is -0.493 e. The van der Waals surface area contributed by atoms with Gasteiger partial charge in [-0.3, -0.25) is 0 Å². The molecule has 0 fully saturated rings. The SMILES string of the molecule is COc1cc2cc(CO)c(CO)c(-c3ccnc(N4CCC(C)c5ccccc54)c3)c2cc1OC. The fraction of sp³-hybridized carbons (Fsp3) is 0.276. The number of hydrogen-bond donors (Lipinski definition) is 2. The van der Waals surface area contributed by atoms with Crippen LogP contribution in [0.1, 0.15) is 36.0 Å². The Balaban J connectivity index is 1.73. The molecule has 1 aliphatic heterocycles. The van der Waals surface area contributed by atoms with Crippen LogP contribution in [0, 0.1) is 0 Å². The number of para-hydroxylation sites is 1. The largest absolute Gasteiger partial charge is 0.493 e. The molecule has 1 unspecified atom stereocenters. The van der Waals surface area contributed by atoms with Crippen molar-refractivity contribution in [2.24, 2.45) is 0 Å². The van der Waals surface area contributed by atoms with Gasteiger partial charge in [-0.2, -0.15) is 0 Å². The van der Waals surface area contributed by atoms with Crippen LogP contribution < -0.4 is 14.4 Å². The predicted octanol–water partition coefficient (Wildman–Crippen LogP) is 5.55. The second-order valence-electron chi connectivity index (χ2n) is 8.94. The highest BCUT2D eigenvalue weighted by Crippen LogP contribution is 2.43. The van der Waals surface area contributed by atoms with Gasteiger partial charge in [-0.1, -0.05) is 25.1 Å². The molecule has 5 rings (SSSR count). The molecule has 0 spiro atoms. The van der Waals surface area contributed by atoms with Crippen LogP contribution in [0.15, 0.2) is 60.8 Å². The molecule has 6 nitrogen and oxygen atoms in total. The molecule has 1 aromatic heterocycles. The van der Waals surface area contributed by atoms with E-state index in [4.69, 9.17) is 14.5 Å². The number of anilines is 2. The number of aliphatic hydroxyl groups excluding tert-OH is 2. The van der Waals surface area contributed by atoms with Gasteiger partial charge in [-0.15, -0.1) is 0 Å². The first-order valence-electron chi connectivity index (χ1n) is 11.8. The number of aromatic nitrogens is 1. The Hall–Kier alpha value is -3.61. The molecule has 0 amide bonds. The van der Waals surface area contributed by atoms with Crippen molar-refractivity contribution in [1.29, 1.82) is 0 Å². The Labute approximate surface area is 205 Å². The Morgan fingerprint density at radius 2 is 1.74 bits per heavy atom. The zero-order valence-corrected chi connectivity index (χ0v) is 20.3. The van der Waals surface area contributed by atoms with E-state index in [0.29, 0.717) is 28.5 Å². The standard InChI is InChI=1S/C29H30N2O4/c1-18-9-11-31(25-7-5-4-6-22(18)25)28-14-19(8-10-30-28)29-23-15-27(35-3)26(34-2)13-20(23)12-21(16-32)24(29)17-33/h4-8,10,12-15,18,32-33H,9,11,16-17H2,1-3H3. The third-order valence-corrected chi connectivity index (χ3v) is 7.03. The maximum Gasteiger partial charge on any atom is 0.161 e. The Morgan fingerprint density at radius 3 is 2.49 bits per heavy atom. The molecular weight excluding hydrogens is 440 g/mol. The van der Waals surface area contributed by atoms with E-state index < -0.39 is 0 Å². The van der Waals surface area contributed by atoms with Crippen LogP contribution in [0.4, 0.5) is 11.5 Å². The third-order valence-electron chi connectivity index (χ3n) is 7.03. The van der Waals surface area contributed by atoms with Crippen LogP contribution in [0.5, 0.6) is 11.5 Å². The van der Waals surface area contributed by atoms with E-state index >= 15 is 0 Å². The lowest BCUT2D eigenvalue weighted by molar-refractivity contribution is 0.260. The third kappa shape index (κ3) is 3.99. The summed E-state index contributed by atoms with van der Waals surface area (Å²) < 4.78 is 11.1. The summed E-state index contributed by atoms with van der Waals surface area (Å²) in [6, 6.07) is 18.3. The van der Waals surface area contributed by atoms with Crippen LogP contribution in [-0.2, 0) is 13.2 Å². The molecule has 1 aliphatic rings. The van der Waals surface area contributed by atoms with Crippen molar-refractivity contribution < 1.29 is 19.7 Å². The highest BCUT2D eigenvalue weighted by atomic mass is 16.5. The van der Waals surface area contributed by atoms with E-state index in [1.165, 1.54) is 11.3 Å². The van der Waals surface area contributed by atoms with Gasteiger partial charge in [0.1, 0.15) is 5.82 Å². The van der Waals surface area contributed by atoms with Gasteiger partial charge >= 0.3 is 0 Å². The van der Waals surface area contributed by atoms with Crippen molar-refractivity contribution in [3.05, 3.63) is 77.5 Å². The molecule has 180 valence electrons. The predicted molar refractivity (Wildman–Crippen MR) is 139 cm³/mol. The number of hydrogen-bond acceptors (Lipinski definition) is 6. The minimum absolute atomic E-state index is 0.178. The van der Waals surface area contributed by atoms with Crippen molar-refractivity contribution in [2.45, 2.75) is 32.5 Å². The summed E-state index contributed by atoms with van der Waals surface area (Å²) in [4.78, 5) is 6.98. The average Bonchev–Trinajstić information content (AvgIpc) is 2.91. The maximum absolute atomic E-state index is 10.4. The quantitative estimate of drug-likeness (QED) is 0.385. The smallest absolute Gasteiger partial charge is 0.161 e. The molecule has 2 heterocycles. The first-order valence-corrected chi connectivity index (χ1v) is 11.8. The van der Waals surface area contributed by atoms with Crippen LogP contribution in [0.3, 0.4) is 0 Å². The monoisotopic (exact) mass is 470 g/mol. The van der Waals surface area contributed by atoms with Gasteiger partial charge in [0.05, 0.1) is 27.4 Å². The van der Waals surface area contributed by atoms with Crippen LogP contribution >= 0.6 is 0 Å². The highest BCUT2D eigenvalue weighted by Gasteiger charge is 2.24. The van der Waals surface area contributed by atoms with E-state index in [1.54, 1.807) is 14.2 Å². The van der Waals surface area contributed by atoms with Gasteiger partial charge in [-0.05, 0) is 87.3 Å². The molecule has 1 atom stereocenters. The Bertz CT molecular complexity index is 1380. The molecule has 0 bridgehead atoms. The summed E-state index contributed by atoms with van der Waals surface area (Å²) in [7, 11) is 3.21. The Kier molecular flexibility index (Phi) is 6.32. The number of benzene rings is 3. The van der Waals surface area contributed by atoms with Gasteiger partial charge in [0.15, 0.2) is 11.5 Å². The summed E-state index contributed by atoms with van der Waals surface area (Å²) in [5, 5.41) is 22.3. The number of methoxy groups -OCH3 is 2. The van der Waals surface area contributed by atoms with Gasteiger partial charge in [-0.25, -0.2) is 4.98 Å².